The zero-order valence-electron chi connectivity index (χ0n) is 10.4. The minimum absolute atomic E-state index is 0.497. The summed E-state index contributed by atoms with van der Waals surface area (Å²) >= 11 is 1.51. The molecule has 2 heterocycles. The molecule has 4 nitrogen and oxygen atoms in total. The molecule has 5 heteroatoms. The molecule has 0 radical (unpaired) electrons. The minimum atomic E-state index is -0.497. The van der Waals surface area contributed by atoms with Crippen LogP contribution in [0.15, 0.2) is 58.7 Å². The molecule has 1 unspecified atom stereocenters. The van der Waals surface area contributed by atoms with Gasteiger partial charge < -0.3 is 5.11 Å². The Balaban J connectivity index is 2.02. The van der Waals surface area contributed by atoms with Crippen molar-refractivity contribution < 1.29 is 5.11 Å². The summed E-state index contributed by atoms with van der Waals surface area (Å²) in [5.41, 5.74) is 1.72. The summed E-state index contributed by atoms with van der Waals surface area (Å²) in [6.07, 6.45) is 1.44. The summed E-state index contributed by atoms with van der Waals surface area (Å²) in [5, 5.41) is 18.9. The van der Waals surface area contributed by atoms with Crippen LogP contribution in [-0.4, -0.2) is 19.7 Å². The van der Waals surface area contributed by atoms with Crippen molar-refractivity contribution in [3.63, 3.8) is 0 Å². The predicted octanol–water partition coefficient (Wildman–Crippen LogP) is 2.93. The highest BCUT2D eigenvalue weighted by molar-refractivity contribution is 7.99. The summed E-state index contributed by atoms with van der Waals surface area (Å²) in [6.45, 7) is 1.77. The molecule has 96 valence electrons. The standard InChI is InChI=1S/C14H13N3OS/c1-10(18)11-6-2-3-7-12(11)19-14-16-15-13-8-4-5-9-17(13)14/h2-10,18H,1H3. The molecule has 0 saturated heterocycles. The maximum Gasteiger partial charge on any atom is 0.200 e. The van der Waals surface area contributed by atoms with Crippen LogP contribution in [0.4, 0.5) is 0 Å². The summed E-state index contributed by atoms with van der Waals surface area (Å²) < 4.78 is 1.93. The van der Waals surface area contributed by atoms with Gasteiger partial charge in [-0.3, -0.25) is 4.40 Å². The fourth-order valence-corrected chi connectivity index (χ4v) is 2.94. The molecule has 19 heavy (non-hydrogen) atoms. The van der Waals surface area contributed by atoms with Gasteiger partial charge in [0.05, 0.1) is 6.10 Å². The molecule has 0 aliphatic heterocycles. The van der Waals surface area contributed by atoms with E-state index >= 15 is 0 Å². The second kappa shape index (κ2) is 5.03. The van der Waals surface area contributed by atoms with Gasteiger partial charge in [0.2, 0.25) is 0 Å². The Morgan fingerprint density at radius 2 is 1.89 bits per heavy atom. The van der Waals surface area contributed by atoms with Crippen molar-refractivity contribution in [2.75, 3.05) is 0 Å². The number of hydrogen-bond donors (Lipinski definition) is 1. The number of fused-ring (bicyclic) bond motifs is 1. The van der Waals surface area contributed by atoms with Gasteiger partial charge in [0, 0.05) is 11.1 Å². The number of hydrogen-bond acceptors (Lipinski definition) is 4. The second-order valence-corrected chi connectivity index (χ2v) is 5.24. The number of aliphatic hydroxyl groups excluding tert-OH is 1. The van der Waals surface area contributed by atoms with E-state index in [0.717, 1.165) is 21.3 Å². The summed E-state index contributed by atoms with van der Waals surface area (Å²) in [6, 6.07) is 13.6. The maximum absolute atomic E-state index is 9.79. The fourth-order valence-electron chi connectivity index (χ4n) is 1.91. The quantitative estimate of drug-likeness (QED) is 0.795. The van der Waals surface area contributed by atoms with Crippen LogP contribution >= 0.6 is 11.8 Å². The minimum Gasteiger partial charge on any atom is -0.389 e. The lowest BCUT2D eigenvalue weighted by atomic mass is 10.1. The molecule has 0 fully saturated rings. The average Bonchev–Trinajstić information content (AvgIpc) is 2.83. The van der Waals surface area contributed by atoms with E-state index in [9.17, 15) is 5.11 Å². The molecular formula is C14H13N3OS. The number of aliphatic hydroxyl groups is 1. The summed E-state index contributed by atoms with van der Waals surface area (Å²) in [4.78, 5) is 0.996. The van der Waals surface area contributed by atoms with Gasteiger partial charge >= 0.3 is 0 Å². The van der Waals surface area contributed by atoms with Crippen molar-refractivity contribution in [2.24, 2.45) is 0 Å². The molecule has 0 aliphatic carbocycles. The number of nitrogens with zero attached hydrogens (tertiary/aromatic N) is 3. The summed E-state index contributed by atoms with van der Waals surface area (Å²) in [7, 11) is 0. The van der Waals surface area contributed by atoms with Gasteiger partial charge in [0.1, 0.15) is 0 Å². The van der Waals surface area contributed by atoms with Crippen LogP contribution in [-0.2, 0) is 0 Å². The Hall–Kier alpha value is -1.85. The third kappa shape index (κ3) is 2.34. The smallest absolute Gasteiger partial charge is 0.200 e. The van der Waals surface area contributed by atoms with Gasteiger partial charge in [0.25, 0.3) is 0 Å². The van der Waals surface area contributed by atoms with E-state index in [1.807, 2.05) is 53.1 Å². The van der Waals surface area contributed by atoms with Gasteiger partial charge in [-0.05, 0) is 42.4 Å². The first-order valence-electron chi connectivity index (χ1n) is 6.00. The molecule has 3 rings (SSSR count). The Bertz CT molecular complexity index is 708. The molecule has 3 aromatic rings. The van der Waals surface area contributed by atoms with Crippen molar-refractivity contribution >= 4 is 17.4 Å². The molecular weight excluding hydrogens is 258 g/mol. The average molecular weight is 271 g/mol. The Morgan fingerprint density at radius 3 is 2.74 bits per heavy atom. The van der Waals surface area contributed by atoms with Gasteiger partial charge in [-0.1, -0.05) is 24.3 Å². The summed E-state index contributed by atoms with van der Waals surface area (Å²) in [5.74, 6) is 0. The van der Waals surface area contributed by atoms with Crippen LogP contribution in [0.1, 0.15) is 18.6 Å². The van der Waals surface area contributed by atoms with Gasteiger partial charge in [0.15, 0.2) is 10.8 Å². The zero-order valence-corrected chi connectivity index (χ0v) is 11.2. The van der Waals surface area contributed by atoms with Crippen molar-refractivity contribution in [3.8, 4) is 0 Å². The third-order valence-corrected chi connectivity index (χ3v) is 3.91. The monoisotopic (exact) mass is 271 g/mol. The van der Waals surface area contributed by atoms with E-state index in [0.29, 0.717) is 0 Å². The van der Waals surface area contributed by atoms with Crippen molar-refractivity contribution in [1.82, 2.24) is 14.6 Å². The molecule has 0 amide bonds. The number of benzene rings is 1. The van der Waals surface area contributed by atoms with E-state index in [1.54, 1.807) is 6.92 Å². The zero-order chi connectivity index (χ0) is 13.2. The first-order chi connectivity index (χ1) is 9.25. The molecule has 1 atom stereocenters. The lowest BCUT2D eigenvalue weighted by Gasteiger charge is -2.10. The van der Waals surface area contributed by atoms with Gasteiger partial charge in [-0.25, -0.2) is 0 Å². The molecule has 2 aromatic heterocycles. The highest BCUT2D eigenvalue weighted by atomic mass is 32.2. The van der Waals surface area contributed by atoms with E-state index in [2.05, 4.69) is 10.2 Å². The largest absolute Gasteiger partial charge is 0.389 e. The topological polar surface area (TPSA) is 50.4 Å². The van der Waals surface area contributed by atoms with E-state index in [4.69, 9.17) is 0 Å². The highest BCUT2D eigenvalue weighted by Crippen LogP contribution is 2.32. The van der Waals surface area contributed by atoms with E-state index in [1.165, 1.54) is 11.8 Å². The van der Waals surface area contributed by atoms with Gasteiger partial charge in [-0.2, -0.15) is 0 Å². The SMILES string of the molecule is CC(O)c1ccccc1Sc1nnc2ccccn12. The molecule has 0 saturated carbocycles. The van der Waals surface area contributed by atoms with E-state index < -0.39 is 6.10 Å². The van der Waals surface area contributed by atoms with E-state index in [-0.39, 0.29) is 0 Å². The first-order valence-corrected chi connectivity index (χ1v) is 6.82. The molecule has 0 spiro atoms. The van der Waals surface area contributed by atoms with Gasteiger partial charge in [-0.15, -0.1) is 10.2 Å². The lowest BCUT2D eigenvalue weighted by Crippen LogP contribution is -1.94. The molecule has 0 bridgehead atoms. The Labute approximate surface area is 115 Å². The molecule has 0 aliphatic rings. The molecule has 1 N–H and O–H groups in total. The van der Waals surface area contributed by atoms with Crippen LogP contribution in [0.5, 0.6) is 0 Å². The highest BCUT2D eigenvalue weighted by Gasteiger charge is 2.12. The van der Waals surface area contributed by atoms with Crippen molar-refractivity contribution in [3.05, 3.63) is 54.2 Å². The lowest BCUT2D eigenvalue weighted by molar-refractivity contribution is 0.196. The predicted molar refractivity (Wildman–Crippen MR) is 74.2 cm³/mol. The van der Waals surface area contributed by atoms with Crippen molar-refractivity contribution in [1.29, 1.82) is 0 Å². The Morgan fingerprint density at radius 1 is 1.11 bits per heavy atom. The van der Waals surface area contributed by atoms with Crippen LogP contribution in [0, 0.1) is 0 Å². The van der Waals surface area contributed by atoms with Crippen molar-refractivity contribution in [2.45, 2.75) is 23.1 Å². The molecule has 1 aromatic carbocycles. The Kier molecular flexibility index (Phi) is 3.23. The van der Waals surface area contributed by atoms with Crippen LogP contribution < -0.4 is 0 Å². The third-order valence-electron chi connectivity index (χ3n) is 2.85. The second-order valence-electron chi connectivity index (χ2n) is 4.23. The van der Waals surface area contributed by atoms with Crippen LogP contribution in [0.25, 0.3) is 5.65 Å². The maximum atomic E-state index is 9.79. The van der Waals surface area contributed by atoms with Crippen LogP contribution in [0.3, 0.4) is 0 Å². The first kappa shape index (κ1) is 12.2. The number of rotatable bonds is 3. The normalized spacial score (nSPS) is 12.7. The number of pyridine rings is 1. The fraction of sp³-hybridized carbons (Fsp3) is 0.143. The van der Waals surface area contributed by atoms with Crippen LogP contribution in [0.2, 0.25) is 0 Å². The number of aromatic nitrogens is 3.